The van der Waals surface area contributed by atoms with Crippen LogP contribution in [0.5, 0.6) is 0 Å². The van der Waals surface area contributed by atoms with Crippen LogP contribution in [0.1, 0.15) is 44.4 Å². The lowest BCUT2D eigenvalue weighted by Gasteiger charge is -2.31. The number of benzene rings is 1. The van der Waals surface area contributed by atoms with Crippen LogP contribution in [0.25, 0.3) is 21.8 Å². The highest BCUT2D eigenvalue weighted by molar-refractivity contribution is 6.37. The number of hydrogen-bond acceptors (Lipinski definition) is 4. The van der Waals surface area contributed by atoms with Crippen LogP contribution >= 0.6 is 11.6 Å². The molecule has 142 valence electrons. The molecule has 6 nitrogen and oxygen atoms in total. The fraction of sp³-hybridized carbons (Fsp3) is 0.450. The van der Waals surface area contributed by atoms with Crippen molar-refractivity contribution in [1.82, 2.24) is 15.0 Å². The second-order valence-electron chi connectivity index (χ2n) is 7.40. The number of carbonyl (C=O) groups is 1. The number of nitrogens with zero attached hydrogens (tertiary/aromatic N) is 2. The third-order valence-electron chi connectivity index (χ3n) is 5.54. The molecule has 1 fully saturated rings. The molecule has 1 saturated carbocycles. The standard InChI is InChI=1S/C20H22ClN3O3/c1-11-17-19(23-27-11)18-15(21)7-4-8-16(18)24(20(17)26)14-6-3-5-13(9-14)10-22-12(2)25/h4,7-8,13-14H,3,5-6,9-10H2,1-2H3,(H,22,25)/t13-,14+/m0/s1. The van der Waals surface area contributed by atoms with Gasteiger partial charge in [0.05, 0.1) is 10.5 Å². The fourth-order valence-corrected chi connectivity index (χ4v) is 4.56. The third-order valence-corrected chi connectivity index (χ3v) is 5.86. The number of nitrogens with one attached hydrogen (secondary N) is 1. The largest absolute Gasteiger partial charge is 0.360 e. The average Bonchev–Trinajstić information content (AvgIpc) is 3.02. The van der Waals surface area contributed by atoms with E-state index in [1.807, 2.05) is 22.8 Å². The van der Waals surface area contributed by atoms with Crippen LogP contribution in [0.3, 0.4) is 0 Å². The molecule has 2 atom stereocenters. The van der Waals surface area contributed by atoms with E-state index >= 15 is 0 Å². The van der Waals surface area contributed by atoms with Crippen molar-refractivity contribution in [2.75, 3.05) is 6.54 Å². The van der Waals surface area contributed by atoms with Crippen molar-refractivity contribution in [2.45, 2.75) is 45.6 Å². The Morgan fingerprint density at radius 3 is 2.96 bits per heavy atom. The zero-order chi connectivity index (χ0) is 19.1. The van der Waals surface area contributed by atoms with Crippen molar-refractivity contribution in [3.63, 3.8) is 0 Å². The van der Waals surface area contributed by atoms with Crippen LogP contribution in [-0.2, 0) is 4.79 Å². The van der Waals surface area contributed by atoms with E-state index in [0.29, 0.717) is 34.1 Å². The van der Waals surface area contributed by atoms with Crippen LogP contribution in [0, 0.1) is 12.8 Å². The lowest BCUT2D eigenvalue weighted by molar-refractivity contribution is -0.119. The molecule has 0 saturated heterocycles. The zero-order valence-electron chi connectivity index (χ0n) is 15.4. The van der Waals surface area contributed by atoms with Gasteiger partial charge in [0.25, 0.3) is 5.56 Å². The van der Waals surface area contributed by atoms with Crippen molar-refractivity contribution in [3.05, 3.63) is 39.3 Å². The Balaban J connectivity index is 1.86. The Morgan fingerprint density at radius 1 is 1.37 bits per heavy atom. The quantitative estimate of drug-likeness (QED) is 0.737. The van der Waals surface area contributed by atoms with Gasteiger partial charge in [0, 0.05) is 24.9 Å². The highest BCUT2D eigenvalue weighted by Crippen LogP contribution is 2.36. The molecule has 3 aromatic rings. The molecule has 27 heavy (non-hydrogen) atoms. The van der Waals surface area contributed by atoms with Gasteiger partial charge in [-0.25, -0.2) is 0 Å². The fourth-order valence-electron chi connectivity index (χ4n) is 4.31. The van der Waals surface area contributed by atoms with Crippen LogP contribution in [0.2, 0.25) is 5.02 Å². The van der Waals surface area contributed by atoms with E-state index < -0.39 is 0 Å². The number of amides is 1. The van der Waals surface area contributed by atoms with Crippen molar-refractivity contribution in [1.29, 1.82) is 0 Å². The first-order valence-corrected chi connectivity index (χ1v) is 9.68. The van der Waals surface area contributed by atoms with Gasteiger partial charge < -0.3 is 14.4 Å². The summed E-state index contributed by atoms with van der Waals surface area (Å²) in [4.78, 5) is 24.6. The number of aromatic nitrogens is 2. The number of aryl methyl sites for hydroxylation is 1. The van der Waals surface area contributed by atoms with Gasteiger partial charge in [-0.1, -0.05) is 29.2 Å². The van der Waals surface area contributed by atoms with E-state index in [2.05, 4.69) is 10.5 Å². The van der Waals surface area contributed by atoms with E-state index in [-0.39, 0.29) is 17.5 Å². The molecule has 1 amide bonds. The summed E-state index contributed by atoms with van der Waals surface area (Å²) in [5, 5.41) is 8.83. The van der Waals surface area contributed by atoms with Gasteiger partial charge in [0.1, 0.15) is 16.7 Å². The minimum Gasteiger partial charge on any atom is -0.360 e. The number of fused-ring (bicyclic) bond motifs is 3. The summed E-state index contributed by atoms with van der Waals surface area (Å²) in [7, 11) is 0. The molecule has 1 aliphatic rings. The molecule has 1 aromatic carbocycles. The Bertz CT molecular complexity index is 1090. The SMILES string of the molecule is CC(=O)NC[C@H]1CCC[C@@H](n2c(=O)c3c(C)onc3c3c(Cl)cccc32)C1. The van der Waals surface area contributed by atoms with Crippen molar-refractivity contribution in [3.8, 4) is 0 Å². The van der Waals surface area contributed by atoms with Gasteiger partial charge in [-0.3, -0.25) is 9.59 Å². The lowest BCUT2D eigenvalue weighted by atomic mass is 9.85. The number of hydrogen-bond donors (Lipinski definition) is 1. The molecule has 1 aliphatic carbocycles. The molecule has 0 spiro atoms. The molecular weight excluding hydrogens is 366 g/mol. The highest BCUT2D eigenvalue weighted by Gasteiger charge is 2.28. The monoisotopic (exact) mass is 387 g/mol. The highest BCUT2D eigenvalue weighted by atomic mass is 35.5. The minimum atomic E-state index is -0.0799. The normalized spacial score (nSPS) is 20.3. The summed E-state index contributed by atoms with van der Waals surface area (Å²) in [6.45, 7) is 3.93. The molecule has 0 unspecified atom stereocenters. The molecule has 0 bridgehead atoms. The number of rotatable bonds is 3. The van der Waals surface area contributed by atoms with Crippen molar-refractivity contribution in [2.24, 2.45) is 5.92 Å². The molecule has 1 N–H and O–H groups in total. The van der Waals surface area contributed by atoms with E-state index in [0.717, 1.165) is 36.6 Å². The second-order valence-corrected chi connectivity index (χ2v) is 7.80. The van der Waals surface area contributed by atoms with E-state index in [1.54, 1.807) is 6.92 Å². The van der Waals surface area contributed by atoms with Crippen LogP contribution in [0.4, 0.5) is 0 Å². The Hall–Kier alpha value is -2.34. The number of halogens is 1. The topological polar surface area (TPSA) is 77.1 Å². The van der Waals surface area contributed by atoms with Gasteiger partial charge in [-0.2, -0.15) is 0 Å². The Labute approximate surface area is 161 Å². The van der Waals surface area contributed by atoms with Crippen molar-refractivity contribution >= 4 is 39.3 Å². The summed E-state index contributed by atoms with van der Waals surface area (Å²) < 4.78 is 7.19. The van der Waals surface area contributed by atoms with Crippen LogP contribution < -0.4 is 10.9 Å². The third kappa shape index (κ3) is 3.12. The first kappa shape index (κ1) is 18.0. The first-order chi connectivity index (χ1) is 13.0. The lowest BCUT2D eigenvalue weighted by Crippen LogP contribution is -2.34. The number of carbonyl (C=O) groups excluding carboxylic acids is 1. The van der Waals surface area contributed by atoms with Crippen LogP contribution in [0.15, 0.2) is 27.5 Å². The van der Waals surface area contributed by atoms with Gasteiger partial charge in [-0.15, -0.1) is 0 Å². The number of pyridine rings is 1. The average molecular weight is 388 g/mol. The van der Waals surface area contributed by atoms with Gasteiger partial charge in [0.15, 0.2) is 0 Å². The summed E-state index contributed by atoms with van der Waals surface area (Å²) in [6, 6.07) is 5.65. The molecule has 0 aliphatic heterocycles. The summed E-state index contributed by atoms with van der Waals surface area (Å²) in [6.07, 6.45) is 3.84. The van der Waals surface area contributed by atoms with E-state index in [4.69, 9.17) is 16.1 Å². The summed E-state index contributed by atoms with van der Waals surface area (Å²) >= 11 is 6.48. The predicted octanol–water partition coefficient (Wildman–Crippen LogP) is 3.97. The maximum atomic E-state index is 13.4. The molecule has 2 heterocycles. The Kier molecular flexibility index (Phi) is 4.68. The molecule has 4 rings (SSSR count). The molecular formula is C20H22ClN3O3. The smallest absolute Gasteiger partial charge is 0.264 e. The van der Waals surface area contributed by atoms with Crippen LogP contribution in [-0.4, -0.2) is 22.2 Å². The first-order valence-electron chi connectivity index (χ1n) is 9.30. The Morgan fingerprint density at radius 2 is 2.19 bits per heavy atom. The second kappa shape index (κ2) is 7.00. The molecule has 2 aromatic heterocycles. The molecule has 7 heteroatoms. The van der Waals surface area contributed by atoms with E-state index in [1.165, 1.54) is 6.92 Å². The van der Waals surface area contributed by atoms with Gasteiger partial charge in [-0.05, 0) is 44.2 Å². The minimum absolute atomic E-state index is 0.0203. The molecule has 0 radical (unpaired) electrons. The summed E-state index contributed by atoms with van der Waals surface area (Å²) in [5.74, 6) is 0.845. The predicted molar refractivity (Wildman–Crippen MR) is 105 cm³/mol. The van der Waals surface area contributed by atoms with Gasteiger partial charge in [0.2, 0.25) is 5.91 Å². The maximum Gasteiger partial charge on any atom is 0.264 e. The maximum absolute atomic E-state index is 13.4. The van der Waals surface area contributed by atoms with E-state index in [9.17, 15) is 9.59 Å². The zero-order valence-corrected chi connectivity index (χ0v) is 16.2. The van der Waals surface area contributed by atoms with Gasteiger partial charge >= 0.3 is 0 Å². The summed E-state index contributed by atoms with van der Waals surface area (Å²) in [5.41, 5.74) is 1.24. The van der Waals surface area contributed by atoms with Crippen molar-refractivity contribution < 1.29 is 9.32 Å².